The molecule has 1 aliphatic carbocycles. The maximum absolute atomic E-state index is 9.06. The Balaban J connectivity index is 1.69. The first-order valence-electron chi connectivity index (χ1n) is 6.21. The SMILES string of the molecule is OCC1CCN(CC2CCCCC2)C1. The number of aliphatic hydroxyl groups excluding tert-OH is 1. The van der Waals surface area contributed by atoms with Crippen LogP contribution in [-0.2, 0) is 0 Å². The van der Waals surface area contributed by atoms with Crippen molar-refractivity contribution in [2.24, 2.45) is 11.8 Å². The van der Waals surface area contributed by atoms with Crippen LogP contribution < -0.4 is 0 Å². The van der Waals surface area contributed by atoms with Gasteiger partial charge in [0.05, 0.1) is 0 Å². The molecular weight excluding hydrogens is 174 g/mol. The minimum Gasteiger partial charge on any atom is -0.396 e. The van der Waals surface area contributed by atoms with Crippen LogP contribution in [0, 0.1) is 11.8 Å². The highest BCUT2D eigenvalue weighted by Gasteiger charge is 2.24. The first-order chi connectivity index (χ1) is 6.88. The summed E-state index contributed by atoms with van der Waals surface area (Å²) in [6.07, 6.45) is 8.45. The molecule has 1 saturated carbocycles. The maximum atomic E-state index is 9.06. The Morgan fingerprint density at radius 3 is 2.43 bits per heavy atom. The van der Waals surface area contributed by atoms with Crippen LogP contribution in [0.25, 0.3) is 0 Å². The van der Waals surface area contributed by atoms with Gasteiger partial charge in [-0.25, -0.2) is 0 Å². The van der Waals surface area contributed by atoms with Gasteiger partial charge in [0.2, 0.25) is 0 Å². The Labute approximate surface area is 87.3 Å². The first-order valence-corrected chi connectivity index (χ1v) is 6.21. The van der Waals surface area contributed by atoms with Crippen molar-refractivity contribution in [1.29, 1.82) is 0 Å². The van der Waals surface area contributed by atoms with E-state index in [9.17, 15) is 0 Å². The molecule has 82 valence electrons. The third kappa shape index (κ3) is 2.71. The lowest BCUT2D eigenvalue weighted by Crippen LogP contribution is -2.29. The Morgan fingerprint density at radius 2 is 1.79 bits per heavy atom. The third-order valence-electron chi connectivity index (χ3n) is 3.87. The van der Waals surface area contributed by atoms with Crippen LogP contribution in [0.15, 0.2) is 0 Å². The summed E-state index contributed by atoms with van der Waals surface area (Å²) in [7, 11) is 0. The van der Waals surface area contributed by atoms with E-state index in [1.807, 2.05) is 0 Å². The van der Waals surface area contributed by atoms with Crippen molar-refractivity contribution in [2.75, 3.05) is 26.2 Å². The van der Waals surface area contributed by atoms with Gasteiger partial charge in [0.25, 0.3) is 0 Å². The van der Waals surface area contributed by atoms with Crippen molar-refractivity contribution < 1.29 is 5.11 Å². The lowest BCUT2D eigenvalue weighted by molar-refractivity contribution is 0.200. The van der Waals surface area contributed by atoms with Gasteiger partial charge in [-0.15, -0.1) is 0 Å². The van der Waals surface area contributed by atoms with Gasteiger partial charge >= 0.3 is 0 Å². The summed E-state index contributed by atoms with van der Waals surface area (Å²) in [5.74, 6) is 1.53. The lowest BCUT2D eigenvalue weighted by Gasteiger charge is -2.26. The second-order valence-electron chi connectivity index (χ2n) is 5.10. The highest BCUT2D eigenvalue weighted by atomic mass is 16.3. The lowest BCUT2D eigenvalue weighted by atomic mass is 9.89. The van der Waals surface area contributed by atoms with Gasteiger partial charge in [-0.3, -0.25) is 0 Å². The summed E-state index contributed by atoms with van der Waals surface area (Å²) in [4.78, 5) is 2.57. The smallest absolute Gasteiger partial charge is 0.0471 e. The molecule has 2 heteroatoms. The molecule has 0 aromatic heterocycles. The van der Waals surface area contributed by atoms with Gasteiger partial charge in [-0.1, -0.05) is 19.3 Å². The quantitative estimate of drug-likeness (QED) is 0.746. The molecule has 1 unspecified atom stereocenters. The summed E-state index contributed by atoms with van der Waals surface area (Å²) in [5, 5.41) is 9.06. The largest absolute Gasteiger partial charge is 0.396 e. The van der Waals surface area contributed by atoms with E-state index in [2.05, 4.69) is 4.90 Å². The molecule has 2 nitrogen and oxygen atoms in total. The molecule has 0 spiro atoms. The van der Waals surface area contributed by atoms with Crippen LogP contribution in [0.1, 0.15) is 38.5 Å². The Hall–Kier alpha value is -0.0800. The van der Waals surface area contributed by atoms with Gasteiger partial charge in [0.15, 0.2) is 0 Å². The highest BCUT2D eigenvalue weighted by Crippen LogP contribution is 2.26. The molecule has 2 fully saturated rings. The summed E-state index contributed by atoms with van der Waals surface area (Å²) < 4.78 is 0. The van der Waals surface area contributed by atoms with Crippen molar-refractivity contribution in [2.45, 2.75) is 38.5 Å². The molecule has 0 aromatic carbocycles. The van der Waals surface area contributed by atoms with Crippen LogP contribution in [0.5, 0.6) is 0 Å². The summed E-state index contributed by atoms with van der Waals surface area (Å²) in [6, 6.07) is 0. The second kappa shape index (κ2) is 5.13. The van der Waals surface area contributed by atoms with Gasteiger partial charge in [-0.2, -0.15) is 0 Å². The minimum absolute atomic E-state index is 0.390. The highest BCUT2D eigenvalue weighted by molar-refractivity contribution is 4.78. The first kappa shape index (κ1) is 10.4. The molecule has 0 amide bonds. The van der Waals surface area contributed by atoms with Crippen LogP contribution in [0.2, 0.25) is 0 Å². The number of hydrogen-bond acceptors (Lipinski definition) is 2. The predicted molar refractivity (Wildman–Crippen MR) is 58.2 cm³/mol. The van der Waals surface area contributed by atoms with E-state index in [1.54, 1.807) is 0 Å². The summed E-state index contributed by atoms with van der Waals surface area (Å²) >= 11 is 0. The average molecular weight is 197 g/mol. The van der Waals surface area contributed by atoms with E-state index in [0.717, 1.165) is 12.5 Å². The van der Waals surface area contributed by atoms with Crippen LogP contribution >= 0.6 is 0 Å². The van der Waals surface area contributed by atoms with E-state index in [0.29, 0.717) is 12.5 Å². The number of rotatable bonds is 3. The van der Waals surface area contributed by atoms with Crippen molar-refractivity contribution in [1.82, 2.24) is 4.90 Å². The minimum atomic E-state index is 0.390. The molecule has 2 aliphatic rings. The predicted octanol–water partition coefficient (Wildman–Crippen LogP) is 1.88. The number of aliphatic hydroxyl groups is 1. The van der Waals surface area contributed by atoms with E-state index in [4.69, 9.17) is 5.11 Å². The fourth-order valence-corrected chi connectivity index (χ4v) is 2.96. The van der Waals surface area contributed by atoms with Crippen molar-refractivity contribution >= 4 is 0 Å². The van der Waals surface area contributed by atoms with Crippen LogP contribution in [0.4, 0.5) is 0 Å². The molecule has 0 radical (unpaired) electrons. The molecule has 0 bridgehead atoms. The molecule has 0 aromatic rings. The monoisotopic (exact) mass is 197 g/mol. The maximum Gasteiger partial charge on any atom is 0.0471 e. The Bertz CT molecular complexity index is 166. The summed E-state index contributed by atoms with van der Waals surface area (Å²) in [5.41, 5.74) is 0. The normalized spacial score (nSPS) is 31.1. The van der Waals surface area contributed by atoms with Gasteiger partial charge in [0.1, 0.15) is 0 Å². The van der Waals surface area contributed by atoms with Gasteiger partial charge in [0, 0.05) is 19.7 Å². The van der Waals surface area contributed by atoms with Gasteiger partial charge < -0.3 is 10.0 Å². The molecule has 1 atom stereocenters. The van der Waals surface area contributed by atoms with E-state index < -0.39 is 0 Å². The van der Waals surface area contributed by atoms with E-state index in [1.165, 1.54) is 51.6 Å². The molecule has 2 rings (SSSR count). The molecule has 14 heavy (non-hydrogen) atoms. The van der Waals surface area contributed by atoms with Gasteiger partial charge in [-0.05, 0) is 37.6 Å². The van der Waals surface area contributed by atoms with Crippen LogP contribution in [0.3, 0.4) is 0 Å². The zero-order valence-electron chi connectivity index (χ0n) is 9.12. The van der Waals surface area contributed by atoms with E-state index >= 15 is 0 Å². The average Bonchev–Trinajstić information content (AvgIpc) is 2.67. The standard InChI is InChI=1S/C12H23NO/c14-10-12-6-7-13(9-12)8-11-4-2-1-3-5-11/h11-12,14H,1-10H2. The van der Waals surface area contributed by atoms with Crippen molar-refractivity contribution in [3.05, 3.63) is 0 Å². The number of nitrogens with zero attached hydrogens (tertiary/aromatic N) is 1. The zero-order valence-corrected chi connectivity index (χ0v) is 9.12. The fraction of sp³-hybridized carbons (Fsp3) is 1.00. The Morgan fingerprint density at radius 1 is 1.00 bits per heavy atom. The topological polar surface area (TPSA) is 23.5 Å². The molecular formula is C12H23NO. The van der Waals surface area contributed by atoms with Crippen molar-refractivity contribution in [3.63, 3.8) is 0 Å². The van der Waals surface area contributed by atoms with Crippen LogP contribution in [-0.4, -0.2) is 36.2 Å². The number of hydrogen-bond donors (Lipinski definition) is 1. The molecule has 1 heterocycles. The summed E-state index contributed by atoms with van der Waals surface area (Å²) in [6.45, 7) is 4.06. The molecule has 1 aliphatic heterocycles. The second-order valence-corrected chi connectivity index (χ2v) is 5.10. The number of likely N-dealkylation sites (tertiary alicyclic amines) is 1. The Kier molecular flexibility index (Phi) is 3.82. The third-order valence-corrected chi connectivity index (χ3v) is 3.87. The van der Waals surface area contributed by atoms with E-state index in [-0.39, 0.29) is 0 Å². The van der Waals surface area contributed by atoms with Crippen molar-refractivity contribution in [3.8, 4) is 0 Å². The molecule has 1 N–H and O–H groups in total. The fourth-order valence-electron chi connectivity index (χ4n) is 2.96. The molecule has 1 saturated heterocycles. The zero-order chi connectivity index (χ0) is 9.80.